The predicted octanol–water partition coefficient (Wildman–Crippen LogP) is 2.77. The van der Waals surface area contributed by atoms with Crippen molar-refractivity contribution in [1.29, 1.82) is 0 Å². The Morgan fingerprint density at radius 2 is 2.07 bits per heavy atom. The molecule has 1 aromatic carbocycles. The average molecular weight is 432 g/mol. The Morgan fingerprint density at radius 1 is 1.28 bits per heavy atom. The summed E-state index contributed by atoms with van der Waals surface area (Å²) in [7, 11) is 3.06. The van der Waals surface area contributed by atoms with Gasteiger partial charge in [-0.15, -0.1) is 0 Å². The number of ether oxygens (including phenoxy) is 1. The molecule has 2 aromatic heterocycles. The summed E-state index contributed by atoms with van der Waals surface area (Å²) in [5.74, 6) is -0.334. The second-order valence-corrected chi connectivity index (χ2v) is 8.09. The Bertz CT molecular complexity index is 1060. The van der Waals surface area contributed by atoms with E-state index in [1.807, 2.05) is 22.9 Å². The zero-order chi connectivity index (χ0) is 20.8. The average Bonchev–Trinajstić information content (AvgIpc) is 3.24. The van der Waals surface area contributed by atoms with Gasteiger partial charge in [0.15, 0.2) is 5.16 Å². The number of hydrogen-bond donors (Lipinski definition) is 0. The van der Waals surface area contributed by atoms with Crippen molar-refractivity contribution in [2.24, 2.45) is 0 Å². The molecule has 152 valence electrons. The summed E-state index contributed by atoms with van der Waals surface area (Å²) < 4.78 is 6.12. The molecule has 29 heavy (non-hydrogen) atoms. The number of esters is 1. The number of rotatable bonds is 8. The number of methoxy groups -OCH3 is 1. The van der Waals surface area contributed by atoms with Gasteiger partial charge in [-0.1, -0.05) is 23.9 Å². The van der Waals surface area contributed by atoms with E-state index >= 15 is 0 Å². The van der Waals surface area contributed by atoms with E-state index in [0.29, 0.717) is 22.6 Å². The molecule has 9 heteroatoms. The number of carbonyl (C=O) groups excluding carboxylic acids is 2. The van der Waals surface area contributed by atoms with Gasteiger partial charge in [-0.2, -0.15) is 11.3 Å². The SMILES string of the molecule is COC(=O)CCn1c(SCC(=O)N(C)Cc2ccsc2)nc2ccccc2c1=O. The van der Waals surface area contributed by atoms with Crippen LogP contribution in [0.1, 0.15) is 12.0 Å². The molecular formula is C20H21N3O4S2. The fourth-order valence-electron chi connectivity index (χ4n) is 2.74. The van der Waals surface area contributed by atoms with Crippen molar-refractivity contribution in [1.82, 2.24) is 14.5 Å². The zero-order valence-corrected chi connectivity index (χ0v) is 17.8. The van der Waals surface area contributed by atoms with Crippen LogP contribution in [0.3, 0.4) is 0 Å². The van der Waals surface area contributed by atoms with Crippen LogP contribution in [0.2, 0.25) is 0 Å². The first-order valence-corrected chi connectivity index (χ1v) is 10.9. The third-order valence-electron chi connectivity index (χ3n) is 4.34. The molecule has 0 saturated carbocycles. The Hall–Kier alpha value is -2.65. The van der Waals surface area contributed by atoms with Crippen LogP contribution in [0.15, 0.2) is 51.0 Å². The second kappa shape index (κ2) is 9.71. The van der Waals surface area contributed by atoms with Crippen molar-refractivity contribution >= 4 is 45.9 Å². The Kier molecular flexibility index (Phi) is 7.05. The number of amides is 1. The predicted molar refractivity (Wildman–Crippen MR) is 114 cm³/mol. The van der Waals surface area contributed by atoms with Gasteiger partial charge in [-0.25, -0.2) is 4.98 Å². The van der Waals surface area contributed by atoms with Crippen LogP contribution < -0.4 is 5.56 Å². The van der Waals surface area contributed by atoms with Crippen molar-refractivity contribution in [3.63, 3.8) is 0 Å². The summed E-state index contributed by atoms with van der Waals surface area (Å²) in [6.45, 7) is 0.674. The molecule has 0 aliphatic rings. The number of hydrogen-bond acceptors (Lipinski definition) is 7. The van der Waals surface area contributed by atoms with Crippen LogP contribution in [-0.2, 0) is 27.4 Å². The zero-order valence-electron chi connectivity index (χ0n) is 16.2. The number of fused-ring (bicyclic) bond motifs is 1. The fourth-order valence-corrected chi connectivity index (χ4v) is 4.37. The Labute approximate surface area is 176 Å². The molecule has 1 amide bonds. The van der Waals surface area contributed by atoms with Gasteiger partial charge in [0.2, 0.25) is 5.91 Å². The van der Waals surface area contributed by atoms with E-state index in [1.165, 1.54) is 23.4 Å². The molecule has 0 saturated heterocycles. The smallest absolute Gasteiger partial charge is 0.307 e. The van der Waals surface area contributed by atoms with Gasteiger partial charge in [-0.3, -0.25) is 19.0 Å². The summed E-state index contributed by atoms with van der Waals surface area (Å²) in [6.07, 6.45) is 0.0516. The normalized spacial score (nSPS) is 10.8. The number of aromatic nitrogens is 2. The van der Waals surface area contributed by atoms with Crippen molar-refractivity contribution in [3.8, 4) is 0 Å². The highest BCUT2D eigenvalue weighted by molar-refractivity contribution is 7.99. The van der Waals surface area contributed by atoms with E-state index in [1.54, 1.807) is 41.5 Å². The lowest BCUT2D eigenvalue weighted by atomic mass is 10.2. The van der Waals surface area contributed by atoms with Gasteiger partial charge < -0.3 is 9.64 Å². The lowest BCUT2D eigenvalue weighted by molar-refractivity contribution is -0.140. The first-order valence-electron chi connectivity index (χ1n) is 8.94. The van der Waals surface area contributed by atoms with Crippen molar-refractivity contribution in [3.05, 3.63) is 57.0 Å². The number of para-hydroxylation sites is 1. The number of nitrogens with zero attached hydrogens (tertiary/aromatic N) is 3. The largest absolute Gasteiger partial charge is 0.469 e. The number of thiophene rings is 1. The molecule has 3 rings (SSSR count). The fraction of sp³-hybridized carbons (Fsp3) is 0.300. The minimum atomic E-state index is -0.410. The van der Waals surface area contributed by atoms with E-state index in [2.05, 4.69) is 9.72 Å². The van der Waals surface area contributed by atoms with Crippen LogP contribution in [0.25, 0.3) is 10.9 Å². The van der Waals surface area contributed by atoms with Crippen LogP contribution in [0.4, 0.5) is 0 Å². The van der Waals surface area contributed by atoms with E-state index in [9.17, 15) is 14.4 Å². The van der Waals surface area contributed by atoms with Crippen LogP contribution in [-0.4, -0.2) is 46.2 Å². The summed E-state index contributed by atoms with van der Waals surface area (Å²) in [5, 5.41) is 4.87. The van der Waals surface area contributed by atoms with Crippen molar-refractivity contribution in [2.45, 2.75) is 24.7 Å². The first-order chi connectivity index (χ1) is 14.0. The van der Waals surface area contributed by atoms with E-state index < -0.39 is 5.97 Å². The molecule has 0 aliphatic heterocycles. The standard InChI is InChI=1S/C20H21N3O4S2/c1-22(11-14-8-10-28-12-14)17(24)13-29-20-21-16-6-4-3-5-15(16)19(26)23(20)9-7-18(25)27-2/h3-6,8,10,12H,7,9,11,13H2,1-2H3. The molecule has 7 nitrogen and oxygen atoms in total. The van der Waals surface area contributed by atoms with Gasteiger partial charge in [-0.05, 0) is 34.5 Å². The molecule has 0 spiro atoms. The summed E-state index contributed by atoms with van der Waals surface area (Å²) in [5.41, 5.74) is 1.41. The first kappa shape index (κ1) is 21.1. The van der Waals surface area contributed by atoms with Crippen LogP contribution in [0, 0.1) is 0 Å². The van der Waals surface area contributed by atoms with Gasteiger partial charge in [0.1, 0.15) is 0 Å². The molecule has 0 bridgehead atoms. The maximum atomic E-state index is 12.9. The highest BCUT2D eigenvalue weighted by Gasteiger charge is 2.16. The third kappa shape index (κ3) is 5.24. The third-order valence-corrected chi connectivity index (χ3v) is 6.04. The van der Waals surface area contributed by atoms with Crippen molar-refractivity contribution < 1.29 is 14.3 Å². The van der Waals surface area contributed by atoms with Gasteiger partial charge in [0, 0.05) is 20.1 Å². The van der Waals surface area contributed by atoms with Gasteiger partial charge >= 0.3 is 5.97 Å². The number of thioether (sulfide) groups is 1. The monoisotopic (exact) mass is 431 g/mol. The molecule has 0 N–H and O–H groups in total. The lowest BCUT2D eigenvalue weighted by Gasteiger charge is -2.17. The van der Waals surface area contributed by atoms with E-state index in [-0.39, 0.29) is 30.2 Å². The van der Waals surface area contributed by atoms with Gasteiger partial charge in [0.05, 0.1) is 30.2 Å². The topological polar surface area (TPSA) is 81.5 Å². The molecule has 3 aromatic rings. The Balaban J connectivity index is 1.80. The number of benzene rings is 1. The Morgan fingerprint density at radius 3 is 2.79 bits per heavy atom. The van der Waals surface area contributed by atoms with E-state index in [4.69, 9.17) is 0 Å². The molecule has 0 fully saturated rings. The maximum absolute atomic E-state index is 12.9. The molecule has 0 atom stereocenters. The molecule has 2 heterocycles. The summed E-state index contributed by atoms with van der Waals surface area (Å²) in [6, 6.07) is 9.02. The summed E-state index contributed by atoms with van der Waals surface area (Å²) >= 11 is 2.78. The molecule has 0 radical (unpaired) electrons. The minimum Gasteiger partial charge on any atom is -0.469 e. The quantitative estimate of drug-likeness (QED) is 0.310. The molecular weight excluding hydrogens is 410 g/mol. The van der Waals surface area contributed by atoms with Crippen LogP contribution >= 0.6 is 23.1 Å². The highest BCUT2D eigenvalue weighted by atomic mass is 32.2. The minimum absolute atomic E-state index is 0.0516. The maximum Gasteiger partial charge on any atom is 0.307 e. The molecule has 0 unspecified atom stereocenters. The van der Waals surface area contributed by atoms with Crippen LogP contribution in [0.5, 0.6) is 0 Å². The second-order valence-electron chi connectivity index (χ2n) is 6.36. The number of carbonyl (C=O) groups is 2. The lowest BCUT2D eigenvalue weighted by Crippen LogP contribution is -2.29. The highest BCUT2D eigenvalue weighted by Crippen LogP contribution is 2.19. The summed E-state index contributed by atoms with van der Waals surface area (Å²) in [4.78, 5) is 43.2. The van der Waals surface area contributed by atoms with E-state index in [0.717, 1.165) is 5.56 Å². The van der Waals surface area contributed by atoms with Gasteiger partial charge in [0.25, 0.3) is 5.56 Å². The molecule has 0 aliphatic carbocycles. The van der Waals surface area contributed by atoms with Crippen molar-refractivity contribution in [2.75, 3.05) is 19.9 Å².